The molecule has 16 heavy (non-hydrogen) atoms. The van der Waals surface area contributed by atoms with E-state index in [-0.39, 0.29) is 6.03 Å². The van der Waals surface area contributed by atoms with Gasteiger partial charge in [-0.15, -0.1) is 0 Å². The summed E-state index contributed by atoms with van der Waals surface area (Å²) in [5, 5.41) is 2.98. The highest BCUT2D eigenvalue weighted by Gasteiger charge is 2.15. The van der Waals surface area contributed by atoms with Gasteiger partial charge in [-0.25, -0.2) is 4.79 Å². The van der Waals surface area contributed by atoms with E-state index in [1.54, 1.807) is 0 Å². The fourth-order valence-corrected chi connectivity index (χ4v) is 1.53. The summed E-state index contributed by atoms with van der Waals surface area (Å²) in [7, 11) is 0. The summed E-state index contributed by atoms with van der Waals surface area (Å²) in [5.41, 5.74) is 0. The van der Waals surface area contributed by atoms with Crippen molar-refractivity contribution in [1.29, 1.82) is 0 Å². The lowest BCUT2D eigenvalue weighted by atomic mass is 10.1. The van der Waals surface area contributed by atoms with E-state index >= 15 is 0 Å². The van der Waals surface area contributed by atoms with Gasteiger partial charge in [0.2, 0.25) is 0 Å². The number of carbonyl (C=O) groups excluding carboxylic acids is 1. The first-order valence-corrected chi connectivity index (χ1v) is 6.35. The van der Waals surface area contributed by atoms with Gasteiger partial charge in [0.05, 0.1) is 0 Å². The van der Waals surface area contributed by atoms with Crippen molar-refractivity contribution in [2.75, 3.05) is 19.6 Å². The molecule has 0 unspecified atom stereocenters. The Bertz CT molecular complexity index is 190. The van der Waals surface area contributed by atoms with Crippen molar-refractivity contribution >= 4 is 6.03 Å². The van der Waals surface area contributed by atoms with Crippen LogP contribution in [0.25, 0.3) is 0 Å². The van der Waals surface area contributed by atoms with Crippen LogP contribution in [-0.2, 0) is 0 Å². The molecular weight excluding hydrogens is 200 g/mol. The summed E-state index contributed by atoms with van der Waals surface area (Å²) in [6.45, 7) is 15.2. The minimum absolute atomic E-state index is 0.0797. The molecule has 96 valence electrons. The molecule has 2 amide bonds. The van der Waals surface area contributed by atoms with E-state index in [0.717, 1.165) is 19.6 Å². The lowest BCUT2D eigenvalue weighted by Crippen LogP contribution is -2.44. The monoisotopic (exact) mass is 228 g/mol. The largest absolute Gasteiger partial charge is 0.338 e. The Balaban J connectivity index is 4.20. The van der Waals surface area contributed by atoms with Gasteiger partial charge >= 0.3 is 6.03 Å². The molecule has 0 aliphatic heterocycles. The van der Waals surface area contributed by atoms with Gasteiger partial charge in [0, 0.05) is 19.6 Å². The fourth-order valence-electron chi connectivity index (χ4n) is 1.53. The van der Waals surface area contributed by atoms with Gasteiger partial charge in [-0.1, -0.05) is 41.5 Å². The molecule has 0 spiro atoms. The third-order valence-corrected chi connectivity index (χ3v) is 2.12. The second kappa shape index (κ2) is 7.53. The second-order valence-corrected chi connectivity index (χ2v) is 5.77. The highest BCUT2D eigenvalue weighted by molar-refractivity contribution is 5.74. The Hall–Kier alpha value is -0.730. The van der Waals surface area contributed by atoms with Crippen LogP contribution < -0.4 is 5.32 Å². The number of hydrogen-bond acceptors (Lipinski definition) is 1. The molecule has 0 bridgehead atoms. The Kier molecular flexibility index (Phi) is 7.18. The summed E-state index contributed by atoms with van der Waals surface area (Å²) in [4.78, 5) is 13.9. The highest BCUT2D eigenvalue weighted by Crippen LogP contribution is 2.04. The Morgan fingerprint density at radius 3 is 1.69 bits per heavy atom. The Morgan fingerprint density at radius 1 is 0.938 bits per heavy atom. The quantitative estimate of drug-likeness (QED) is 0.745. The van der Waals surface area contributed by atoms with Crippen LogP contribution in [-0.4, -0.2) is 30.6 Å². The van der Waals surface area contributed by atoms with Crippen LogP contribution in [0.3, 0.4) is 0 Å². The first-order chi connectivity index (χ1) is 7.32. The molecule has 3 heteroatoms. The van der Waals surface area contributed by atoms with Gasteiger partial charge in [0.1, 0.15) is 0 Å². The van der Waals surface area contributed by atoms with Gasteiger partial charge in [-0.2, -0.15) is 0 Å². The molecule has 0 saturated heterocycles. The average molecular weight is 228 g/mol. The number of hydrogen-bond donors (Lipinski definition) is 1. The lowest BCUT2D eigenvalue weighted by molar-refractivity contribution is 0.182. The summed E-state index contributed by atoms with van der Waals surface area (Å²) >= 11 is 0. The summed E-state index contributed by atoms with van der Waals surface area (Å²) in [6.07, 6.45) is 0. The lowest BCUT2D eigenvalue weighted by Gasteiger charge is -2.27. The molecular formula is C13H28N2O. The standard InChI is InChI=1S/C13H28N2O/c1-10(2)7-14-13(16)15(8-11(3)4)9-12(5)6/h10-12H,7-9H2,1-6H3,(H,14,16). The van der Waals surface area contributed by atoms with Crippen molar-refractivity contribution in [2.24, 2.45) is 17.8 Å². The topological polar surface area (TPSA) is 32.3 Å². The van der Waals surface area contributed by atoms with Crippen molar-refractivity contribution in [2.45, 2.75) is 41.5 Å². The third-order valence-electron chi connectivity index (χ3n) is 2.12. The molecule has 0 aliphatic carbocycles. The van der Waals surface area contributed by atoms with Crippen LogP contribution in [0.4, 0.5) is 4.79 Å². The smallest absolute Gasteiger partial charge is 0.317 e. The van der Waals surface area contributed by atoms with Crippen LogP contribution >= 0.6 is 0 Å². The average Bonchev–Trinajstić information content (AvgIpc) is 2.11. The number of amides is 2. The molecule has 3 nitrogen and oxygen atoms in total. The Labute approximate surface area is 101 Å². The van der Waals surface area contributed by atoms with Crippen LogP contribution in [0, 0.1) is 17.8 Å². The van der Waals surface area contributed by atoms with Gasteiger partial charge in [0.25, 0.3) is 0 Å². The minimum Gasteiger partial charge on any atom is -0.338 e. The molecule has 0 aromatic heterocycles. The molecule has 0 aromatic rings. The normalized spacial score (nSPS) is 11.3. The van der Waals surface area contributed by atoms with E-state index in [1.807, 2.05) is 4.90 Å². The maximum absolute atomic E-state index is 11.9. The highest BCUT2D eigenvalue weighted by atomic mass is 16.2. The number of nitrogens with zero attached hydrogens (tertiary/aromatic N) is 1. The van der Waals surface area contributed by atoms with Crippen LogP contribution in [0.5, 0.6) is 0 Å². The molecule has 0 aromatic carbocycles. The van der Waals surface area contributed by atoms with Crippen molar-refractivity contribution in [3.63, 3.8) is 0 Å². The molecule has 0 aliphatic rings. The maximum atomic E-state index is 11.9. The van der Waals surface area contributed by atoms with E-state index in [1.165, 1.54) is 0 Å². The maximum Gasteiger partial charge on any atom is 0.317 e. The molecule has 0 heterocycles. The molecule has 0 radical (unpaired) electrons. The third kappa shape index (κ3) is 7.55. The van der Waals surface area contributed by atoms with Gasteiger partial charge in [-0.3, -0.25) is 0 Å². The molecule has 1 N–H and O–H groups in total. The van der Waals surface area contributed by atoms with E-state index < -0.39 is 0 Å². The van der Waals surface area contributed by atoms with Crippen molar-refractivity contribution < 1.29 is 4.79 Å². The van der Waals surface area contributed by atoms with Gasteiger partial charge in [-0.05, 0) is 17.8 Å². The molecule has 0 saturated carbocycles. The van der Waals surface area contributed by atoms with Crippen LogP contribution in [0.2, 0.25) is 0 Å². The first-order valence-electron chi connectivity index (χ1n) is 6.35. The van der Waals surface area contributed by atoms with E-state index in [9.17, 15) is 4.79 Å². The number of urea groups is 1. The van der Waals surface area contributed by atoms with E-state index in [4.69, 9.17) is 0 Å². The summed E-state index contributed by atoms with van der Waals surface area (Å²) < 4.78 is 0. The predicted molar refractivity (Wildman–Crippen MR) is 69.5 cm³/mol. The number of nitrogens with one attached hydrogen (secondary N) is 1. The second-order valence-electron chi connectivity index (χ2n) is 5.77. The van der Waals surface area contributed by atoms with Crippen molar-refractivity contribution in [1.82, 2.24) is 10.2 Å². The fraction of sp³-hybridized carbons (Fsp3) is 0.923. The van der Waals surface area contributed by atoms with E-state index in [0.29, 0.717) is 17.8 Å². The Morgan fingerprint density at radius 2 is 1.38 bits per heavy atom. The minimum atomic E-state index is 0.0797. The van der Waals surface area contributed by atoms with Crippen LogP contribution in [0.15, 0.2) is 0 Å². The number of rotatable bonds is 6. The predicted octanol–water partition coefficient (Wildman–Crippen LogP) is 2.97. The van der Waals surface area contributed by atoms with Crippen molar-refractivity contribution in [3.05, 3.63) is 0 Å². The number of carbonyl (C=O) groups is 1. The zero-order valence-corrected chi connectivity index (χ0v) is 11.7. The summed E-state index contributed by atoms with van der Waals surface area (Å²) in [5.74, 6) is 1.54. The SMILES string of the molecule is CC(C)CNC(=O)N(CC(C)C)CC(C)C. The molecule has 0 atom stereocenters. The van der Waals surface area contributed by atoms with Crippen molar-refractivity contribution in [3.8, 4) is 0 Å². The zero-order valence-electron chi connectivity index (χ0n) is 11.7. The molecule has 0 rings (SSSR count). The van der Waals surface area contributed by atoms with E-state index in [2.05, 4.69) is 46.9 Å². The van der Waals surface area contributed by atoms with Crippen LogP contribution in [0.1, 0.15) is 41.5 Å². The van der Waals surface area contributed by atoms with Gasteiger partial charge in [0.15, 0.2) is 0 Å². The van der Waals surface area contributed by atoms with Gasteiger partial charge < -0.3 is 10.2 Å². The summed E-state index contributed by atoms with van der Waals surface area (Å²) in [6, 6.07) is 0.0797. The first kappa shape index (κ1) is 15.3. The zero-order chi connectivity index (χ0) is 12.7. The molecule has 0 fully saturated rings.